The average molecular weight is 381 g/mol. The third-order valence-corrected chi connectivity index (χ3v) is 5.26. The van der Waals surface area contributed by atoms with Crippen molar-refractivity contribution in [2.75, 3.05) is 18.6 Å². The Balaban J connectivity index is 1.74. The molecule has 0 radical (unpaired) electrons. The number of amides is 1. The first-order chi connectivity index (χ1) is 11.8. The number of rotatable bonds is 8. The lowest BCUT2D eigenvalue weighted by Gasteiger charge is -2.07. The van der Waals surface area contributed by atoms with Gasteiger partial charge in [-0.05, 0) is 29.3 Å². The molecular formula is C18H20FNO3S2. The van der Waals surface area contributed by atoms with Crippen molar-refractivity contribution in [2.45, 2.75) is 11.5 Å². The first-order valence-corrected chi connectivity index (χ1v) is 10.9. The third kappa shape index (κ3) is 6.88. The summed E-state index contributed by atoms with van der Waals surface area (Å²) in [5, 5.41) is 2.80. The van der Waals surface area contributed by atoms with Crippen LogP contribution in [0.15, 0.2) is 48.5 Å². The Morgan fingerprint density at radius 1 is 1.12 bits per heavy atom. The van der Waals surface area contributed by atoms with Gasteiger partial charge < -0.3 is 5.32 Å². The van der Waals surface area contributed by atoms with Crippen molar-refractivity contribution < 1.29 is 17.6 Å². The highest BCUT2D eigenvalue weighted by molar-refractivity contribution is 7.98. The maximum Gasteiger partial charge on any atom is 0.251 e. The number of thioether (sulfide) groups is 1. The van der Waals surface area contributed by atoms with Crippen molar-refractivity contribution in [2.24, 2.45) is 0 Å². The van der Waals surface area contributed by atoms with Crippen molar-refractivity contribution in [3.05, 3.63) is 71.0 Å². The molecule has 2 rings (SSSR count). The minimum atomic E-state index is -3.09. The highest BCUT2D eigenvalue weighted by atomic mass is 32.2. The quantitative estimate of drug-likeness (QED) is 0.714. The minimum Gasteiger partial charge on any atom is -0.351 e. The predicted octanol–water partition coefficient (Wildman–Crippen LogP) is 3.03. The van der Waals surface area contributed by atoms with Crippen LogP contribution >= 0.6 is 11.8 Å². The zero-order valence-corrected chi connectivity index (χ0v) is 15.5. The van der Waals surface area contributed by atoms with Gasteiger partial charge in [-0.1, -0.05) is 30.3 Å². The Hall–Kier alpha value is -1.86. The summed E-state index contributed by atoms with van der Waals surface area (Å²) >= 11 is 1.55. The van der Waals surface area contributed by atoms with Gasteiger partial charge in [0.05, 0.1) is 5.75 Å². The topological polar surface area (TPSA) is 63.2 Å². The molecular weight excluding hydrogens is 361 g/mol. The van der Waals surface area contributed by atoms with Gasteiger partial charge in [-0.3, -0.25) is 4.79 Å². The van der Waals surface area contributed by atoms with E-state index in [1.165, 1.54) is 12.3 Å². The zero-order chi connectivity index (χ0) is 18.3. The summed E-state index contributed by atoms with van der Waals surface area (Å²) in [6.45, 7) is 0.475. The van der Waals surface area contributed by atoms with Gasteiger partial charge in [0.1, 0.15) is 5.82 Å². The van der Waals surface area contributed by atoms with Crippen LogP contribution in [0.2, 0.25) is 0 Å². The molecule has 0 aliphatic carbocycles. The molecule has 134 valence electrons. The van der Waals surface area contributed by atoms with E-state index in [0.29, 0.717) is 34.7 Å². The number of hydrogen-bond acceptors (Lipinski definition) is 4. The number of halogens is 1. The Morgan fingerprint density at radius 2 is 1.80 bits per heavy atom. The van der Waals surface area contributed by atoms with Crippen LogP contribution in [-0.2, 0) is 21.3 Å². The molecule has 0 aliphatic heterocycles. The lowest BCUT2D eigenvalue weighted by molar-refractivity contribution is 0.0956. The summed E-state index contributed by atoms with van der Waals surface area (Å²) in [6.07, 6.45) is 1.17. The number of nitrogens with one attached hydrogen (secondary N) is 1. The lowest BCUT2D eigenvalue weighted by atomic mass is 10.1. The Labute approximate surface area is 151 Å². The van der Waals surface area contributed by atoms with Gasteiger partial charge >= 0.3 is 0 Å². The van der Waals surface area contributed by atoms with Gasteiger partial charge in [-0.2, -0.15) is 11.8 Å². The number of hydrogen-bond donors (Lipinski definition) is 1. The first-order valence-electron chi connectivity index (χ1n) is 7.71. The fourth-order valence-corrected chi connectivity index (χ4v) is 3.83. The van der Waals surface area contributed by atoms with Crippen LogP contribution in [0.3, 0.4) is 0 Å². The minimum absolute atomic E-state index is 0.0401. The maximum atomic E-state index is 13.5. The van der Waals surface area contributed by atoms with Crippen LogP contribution in [-0.4, -0.2) is 32.9 Å². The van der Waals surface area contributed by atoms with Gasteiger partial charge in [0.25, 0.3) is 5.91 Å². The van der Waals surface area contributed by atoms with Crippen molar-refractivity contribution in [1.82, 2.24) is 5.32 Å². The van der Waals surface area contributed by atoms with Crippen LogP contribution in [0.25, 0.3) is 0 Å². The Morgan fingerprint density at radius 3 is 2.44 bits per heavy atom. The van der Waals surface area contributed by atoms with Gasteiger partial charge in [-0.15, -0.1) is 0 Å². The third-order valence-electron chi connectivity index (χ3n) is 3.39. The lowest BCUT2D eigenvalue weighted by Crippen LogP contribution is -2.25. The molecule has 2 aromatic carbocycles. The van der Waals surface area contributed by atoms with E-state index in [2.05, 4.69) is 5.32 Å². The number of carbonyl (C=O) groups excluding carboxylic acids is 1. The standard InChI is InChI=1S/C18H20FNO3S2/c1-25(22,23)13-14-6-8-15(9-7-14)18(21)20-10-11-24-12-16-4-2-3-5-17(16)19/h2-9H,10-13H2,1H3,(H,20,21). The van der Waals surface area contributed by atoms with E-state index >= 15 is 0 Å². The molecule has 0 heterocycles. The molecule has 0 aromatic heterocycles. The van der Waals surface area contributed by atoms with Crippen LogP contribution in [0.4, 0.5) is 4.39 Å². The smallest absolute Gasteiger partial charge is 0.251 e. The van der Waals surface area contributed by atoms with Gasteiger partial charge in [0, 0.05) is 29.9 Å². The highest BCUT2D eigenvalue weighted by Gasteiger charge is 2.08. The first kappa shape index (κ1) is 19.5. The summed E-state index contributed by atoms with van der Waals surface area (Å²) < 4.78 is 35.9. The molecule has 0 fully saturated rings. The second kappa shape index (κ2) is 9.01. The largest absolute Gasteiger partial charge is 0.351 e. The van der Waals surface area contributed by atoms with Gasteiger partial charge in [0.15, 0.2) is 9.84 Å². The second-order valence-corrected chi connectivity index (χ2v) is 8.91. The molecule has 25 heavy (non-hydrogen) atoms. The molecule has 0 atom stereocenters. The molecule has 0 aliphatic rings. The highest BCUT2D eigenvalue weighted by Crippen LogP contribution is 2.14. The van der Waals surface area contributed by atoms with Crippen LogP contribution < -0.4 is 5.32 Å². The maximum absolute atomic E-state index is 13.5. The second-order valence-electron chi connectivity index (χ2n) is 5.67. The summed E-state index contributed by atoms with van der Waals surface area (Å²) in [5.41, 5.74) is 1.79. The van der Waals surface area contributed by atoms with E-state index in [0.717, 1.165) is 0 Å². The van der Waals surface area contributed by atoms with Crippen molar-refractivity contribution >= 4 is 27.5 Å². The molecule has 1 amide bonds. The Kier molecular flexibility index (Phi) is 7.01. The van der Waals surface area contributed by atoms with E-state index < -0.39 is 9.84 Å². The van der Waals surface area contributed by atoms with E-state index in [1.807, 2.05) is 0 Å². The zero-order valence-electron chi connectivity index (χ0n) is 13.9. The van der Waals surface area contributed by atoms with E-state index in [9.17, 15) is 17.6 Å². The van der Waals surface area contributed by atoms with Crippen LogP contribution in [0.5, 0.6) is 0 Å². The van der Waals surface area contributed by atoms with Crippen molar-refractivity contribution in [1.29, 1.82) is 0 Å². The van der Waals surface area contributed by atoms with Gasteiger partial charge in [0.2, 0.25) is 0 Å². The summed E-state index contributed by atoms with van der Waals surface area (Å²) in [4.78, 5) is 12.0. The van der Waals surface area contributed by atoms with E-state index in [1.54, 1.807) is 54.2 Å². The van der Waals surface area contributed by atoms with Crippen LogP contribution in [0.1, 0.15) is 21.5 Å². The fraction of sp³-hybridized carbons (Fsp3) is 0.278. The SMILES string of the molecule is CS(=O)(=O)Cc1ccc(C(=O)NCCSCc2ccccc2F)cc1. The summed E-state index contributed by atoms with van der Waals surface area (Å²) in [5.74, 6) is 0.766. The molecule has 4 nitrogen and oxygen atoms in total. The van der Waals surface area contributed by atoms with E-state index in [-0.39, 0.29) is 17.5 Å². The van der Waals surface area contributed by atoms with E-state index in [4.69, 9.17) is 0 Å². The Bertz CT molecular complexity index is 820. The molecule has 7 heteroatoms. The summed E-state index contributed by atoms with van der Waals surface area (Å²) in [7, 11) is -3.09. The molecule has 0 saturated carbocycles. The average Bonchev–Trinajstić information content (AvgIpc) is 2.55. The molecule has 0 spiro atoms. The molecule has 1 N–H and O–H groups in total. The summed E-state index contributed by atoms with van der Waals surface area (Å²) in [6, 6.07) is 13.2. The van der Waals surface area contributed by atoms with Crippen molar-refractivity contribution in [3.8, 4) is 0 Å². The predicted molar refractivity (Wildman–Crippen MR) is 99.9 cm³/mol. The molecule has 2 aromatic rings. The van der Waals surface area contributed by atoms with Crippen molar-refractivity contribution in [3.63, 3.8) is 0 Å². The number of benzene rings is 2. The fourth-order valence-electron chi connectivity index (χ4n) is 2.19. The normalized spacial score (nSPS) is 11.3. The van der Waals surface area contributed by atoms with Gasteiger partial charge in [-0.25, -0.2) is 12.8 Å². The number of carbonyl (C=O) groups is 1. The number of sulfone groups is 1. The molecule has 0 unspecified atom stereocenters. The molecule has 0 bridgehead atoms. The van der Waals surface area contributed by atoms with Crippen LogP contribution in [0, 0.1) is 5.82 Å². The monoisotopic (exact) mass is 381 g/mol. The molecule has 0 saturated heterocycles.